The van der Waals surface area contributed by atoms with Crippen molar-refractivity contribution in [1.82, 2.24) is 9.97 Å². The third kappa shape index (κ3) is 3.46. The van der Waals surface area contributed by atoms with Crippen molar-refractivity contribution >= 4 is 35.0 Å². The molecule has 4 rings (SSSR count). The van der Waals surface area contributed by atoms with Gasteiger partial charge in [0.2, 0.25) is 0 Å². The predicted molar refractivity (Wildman–Crippen MR) is 108 cm³/mol. The summed E-state index contributed by atoms with van der Waals surface area (Å²) >= 11 is 0. The summed E-state index contributed by atoms with van der Waals surface area (Å²) in [5.74, 6) is 0.668. The molecule has 0 aliphatic heterocycles. The van der Waals surface area contributed by atoms with Crippen LogP contribution in [0, 0.1) is 6.92 Å². The maximum Gasteiger partial charge on any atom is 0.255 e. The highest BCUT2D eigenvalue weighted by atomic mass is 35.5. The van der Waals surface area contributed by atoms with Crippen LogP contribution in [-0.4, -0.2) is 15.9 Å². The number of halogens is 1. The van der Waals surface area contributed by atoms with E-state index in [1.807, 2.05) is 67.6 Å². The van der Waals surface area contributed by atoms with Gasteiger partial charge in [0.1, 0.15) is 5.82 Å². The number of amides is 1. The third-order valence-corrected chi connectivity index (χ3v) is 4.18. The largest absolute Gasteiger partial charge is 0.338 e. The Hall–Kier alpha value is -3.11. The van der Waals surface area contributed by atoms with Crippen molar-refractivity contribution in [2.75, 3.05) is 5.32 Å². The van der Waals surface area contributed by atoms with Crippen molar-refractivity contribution in [3.63, 3.8) is 0 Å². The first-order chi connectivity index (χ1) is 12.2. The maximum atomic E-state index is 12.4. The highest BCUT2D eigenvalue weighted by Gasteiger charge is 2.10. The van der Waals surface area contributed by atoms with E-state index in [1.165, 1.54) is 0 Å². The number of benzene rings is 3. The van der Waals surface area contributed by atoms with Crippen LogP contribution in [0.1, 0.15) is 15.9 Å². The fourth-order valence-corrected chi connectivity index (χ4v) is 2.78. The number of imidazole rings is 1. The molecule has 0 aliphatic rings. The molecule has 130 valence electrons. The summed E-state index contributed by atoms with van der Waals surface area (Å²) in [6, 6.07) is 23.1. The molecule has 3 aromatic carbocycles. The van der Waals surface area contributed by atoms with Gasteiger partial charge in [-0.15, -0.1) is 12.4 Å². The summed E-state index contributed by atoms with van der Waals surface area (Å²) < 4.78 is 0. The van der Waals surface area contributed by atoms with Gasteiger partial charge in [-0.1, -0.05) is 42.5 Å². The smallest absolute Gasteiger partial charge is 0.255 e. The number of nitrogens with zero attached hydrogens (tertiary/aromatic N) is 1. The first kappa shape index (κ1) is 17.7. The average molecular weight is 364 g/mol. The zero-order valence-corrected chi connectivity index (χ0v) is 15.0. The second-order valence-corrected chi connectivity index (χ2v) is 5.95. The molecule has 0 unspecified atom stereocenters. The Balaban J connectivity index is 0.00000196. The molecule has 2 N–H and O–H groups in total. The lowest BCUT2D eigenvalue weighted by Gasteiger charge is -2.10. The molecule has 0 atom stereocenters. The average Bonchev–Trinajstić information content (AvgIpc) is 3.08. The van der Waals surface area contributed by atoms with Gasteiger partial charge in [-0.3, -0.25) is 4.79 Å². The van der Waals surface area contributed by atoms with E-state index >= 15 is 0 Å². The van der Waals surface area contributed by atoms with Crippen molar-refractivity contribution in [3.05, 3.63) is 83.9 Å². The van der Waals surface area contributed by atoms with Crippen molar-refractivity contribution in [2.45, 2.75) is 6.92 Å². The number of aromatic amines is 1. The van der Waals surface area contributed by atoms with Gasteiger partial charge in [0, 0.05) is 16.8 Å². The van der Waals surface area contributed by atoms with Crippen LogP contribution < -0.4 is 5.32 Å². The Morgan fingerprint density at radius 1 is 0.962 bits per heavy atom. The Bertz CT molecular complexity index is 1020. The monoisotopic (exact) mass is 363 g/mol. The molecule has 0 saturated carbocycles. The Labute approximate surface area is 157 Å². The second kappa shape index (κ2) is 7.42. The highest BCUT2D eigenvalue weighted by molar-refractivity contribution is 6.04. The number of nitrogens with one attached hydrogen (secondary N) is 2. The van der Waals surface area contributed by atoms with E-state index in [-0.39, 0.29) is 18.3 Å². The van der Waals surface area contributed by atoms with Gasteiger partial charge in [-0.05, 0) is 42.8 Å². The number of fused-ring (bicyclic) bond motifs is 1. The van der Waals surface area contributed by atoms with Gasteiger partial charge >= 0.3 is 0 Å². The van der Waals surface area contributed by atoms with Gasteiger partial charge in [0.15, 0.2) is 0 Å². The third-order valence-electron chi connectivity index (χ3n) is 4.18. The Morgan fingerprint density at radius 3 is 2.46 bits per heavy atom. The van der Waals surface area contributed by atoms with Gasteiger partial charge in [-0.25, -0.2) is 4.98 Å². The number of para-hydroxylation sites is 2. The number of aromatic nitrogens is 2. The molecule has 0 radical (unpaired) electrons. The van der Waals surface area contributed by atoms with E-state index in [2.05, 4.69) is 15.3 Å². The van der Waals surface area contributed by atoms with Crippen molar-refractivity contribution in [3.8, 4) is 11.4 Å². The molecule has 4 nitrogen and oxygen atoms in total. The number of carbonyl (C=O) groups excluding carboxylic acids is 1. The fourth-order valence-electron chi connectivity index (χ4n) is 2.78. The quantitative estimate of drug-likeness (QED) is 0.524. The fraction of sp³-hybridized carbons (Fsp3) is 0.0476. The lowest BCUT2D eigenvalue weighted by atomic mass is 10.1. The van der Waals surface area contributed by atoms with Gasteiger partial charge in [0.05, 0.1) is 11.0 Å². The minimum atomic E-state index is -0.120. The molecule has 0 bridgehead atoms. The molecule has 5 heteroatoms. The first-order valence-corrected chi connectivity index (χ1v) is 8.13. The van der Waals surface area contributed by atoms with E-state index in [4.69, 9.17) is 0 Å². The zero-order chi connectivity index (χ0) is 17.2. The van der Waals surface area contributed by atoms with Crippen LogP contribution in [0.5, 0.6) is 0 Å². The second-order valence-electron chi connectivity index (χ2n) is 5.95. The van der Waals surface area contributed by atoms with E-state index in [0.717, 1.165) is 33.7 Å². The van der Waals surface area contributed by atoms with Crippen LogP contribution >= 0.6 is 12.4 Å². The summed E-state index contributed by atoms with van der Waals surface area (Å²) in [5.41, 5.74) is 5.28. The summed E-state index contributed by atoms with van der Waals surface area (Å²) in [4.78, 5) is 20.4. The standard InChI is InChI=1S/C21H17N3O.ClH/c1-14-11-12-16(20-22-17-9-5-6-10-18(17)23-20)13-19(14)24-21(25)15-7-3-2-4-8-15;/h2-13H,1H3,(H,22,23)(H,24,25);1H. The molecule has 1 amide bonds. The SMILES string of the molecule is Cc1ccc(-c2nc3ccccc3[nH]2)cc1NC(=O)c1ccccc1.Cl. The van der Waals surface area contributed by atoms with Crippen LogP contribution in [0.25, 0.3) is 22.4 Å². The molecular formula is C21H18ClN3O. The van der Waals surface area contributed by atoms with Gasteiger partial charge in [-0.2, -0.15) is 0 Å². The predicted octanol–water partition coefficient (Wildman–Crippen LogP) is 5.21. The van der Waals surface area contributed by atoms with Crippen molar-refractivity contribution in [2.24, 2.45) is 0 Å². The number of hydrogen-bond acceptors (Lipinski definition) is 2. The Morgan fingerprint density at radius 2 is 1.69 bits per heavy atom. The van der Waals surface area contributed by atoms with Gasteiger partial charge in [0.25, 0.3) is 5.91 Å². The summed E-state index contributed by atoms with van der Waals surface area (Å²) in [6.07, 6.45) is 0. The van der Waals surface area contributed by atoms with E-state index in [9.17, 15) is 4.79 Å². The minimum Gasteiger partial charge on any atom is -0.338 e. The maximum absolute atomic E-state index is 12.4. The number of hydrogen-bond donors (Lipinski definition) is 2. The molecule has 4 aromatic rings. The van der Waals surface area contributed by atoms with E-state index in [0.29, 0.717) is 5.56 Å². The summed E-state index contributed by atoms with van der Waals surface area (Å²) in [6.45, 7) is 1.98. The minimum absolute atomic E-state index is 0. The number of H-pyrrole nitrogens is 1. The molecule has 0 fully saturated rings. The van der Waals surface area contributed by atoms with Crippen LogP contribution in [0.3, 0.4) is 0 Å². The number of rotatable bonds is 3. The van der Waals surface area contributed by atoms with Crippen LogP contribution in [-0.2, 0) is 0 Å². The molecule has 0 aliphatic carbocycles. The molecule has 0 saturated heterocycles. The van der Waals surface area contributed by atoms with Crippen LogP contribution in [0.15, 0.2) is 72.8 Å². The highest BCUT2D eigenvalue weighted by Crippen LogP contribution is 2.26. The van der Waals surface area contributed by atoms with E-state index < -0.39 is 0 Å². The van der Waals surface area contributed by atoms with Crippen molar-refractivity contribution < 1.29 is 4.79 Å². The first-order valence-electron chi connectivity index (χ1n) is 8.13. The van der Waals surface area contributed by atoms with E-state index in [1.54, 1.807) is 12.1 Å². The number of aryl methyl sites for hydroxylation is 1. The molecule has 26 heavy (non-hydrogen) atoms. The van der Waals surface area contributed by atoms with Crippen LogP contribution in [0.4, 0.5) is 5.69 Å². The topological polar surface area (TPSA) is 57.8 Å². The number of anilines is 1. The lowest BCUT2D eigenvalue weighted by molar-refractivity contribution is 0.102. The lowest BCUT2D eigenvalue weighted by Crippen LogP contribution is -2.12. The normalized spacial score (nSPS) is 10.3. The Kier molecular flexibility index (Phi) is 5.05. The van der Waals surface area contributed by atoms with Crippen LogP contribution in [0.2, 0.25) is 0 Å². The van der Waals surface area contributed by atoms with Gasteiger partial charge < -0.3 is 10.3 Å². The van der Waals surface area contributed by atoms with Crippen molar-refractivity contribution in [1.29, 1.82) is 0 Å². The molecule has 0 spiro atoms. The zero-order valence-electron chi connectivity index (χ0n) is 14.2. The molecule has 1 aromatic heterocycles. The molecular weight excluding hydrogens is 346 g/mol. The summed E-state index contributed by atoms with van der Waals surface area (Å²) in [7, 11) is 0. The molecule has 1 heterocycles. The number of carbonyl (C=O) groups is 1. The summed E-state index contributed by atoms with van der Waals surface area (Å²) in [5, 5.41) is 2.99.